The number of aromatic nitrogens is 2. The summed E-state index contributed by atoms with van der Waals surface area (Å²) in [5.74, 6) is 1.98. The summed E-state index contributed by atoms with van der Waals surface area (Å²) in [6.07, 6.45) is 3.16. The van der Waals surface area contributed by atoms with Crippen LogP contribution in [0.5, 0.6) is 0 Å². The standard InChI is InChI=1S/C20H30N6S/c1-14-6-5-7-19(23-14)26-12-9-17(10-13-26)25-20(21-4)22-11-8-18-15(2)24-16(3)27-18/h5-7,17H,8-13H2,1-4H3,(H2,21,22,25). The Hall–Kier alpha value is -2.15. The molecule has 3 heterocycles. The van der Waals surface area contributed by atoms with Gasteiger partial charge in [0.2, 0.25) is 0 Å². The van der Waals surface area contributed by atoms with Crippen molar-refractivity contribution in [1.82, 2.24) is 20.6 Å². The summed E-state index contributed by atoms with van der Waals surface area (Å²) in [6, 6.07) is 6.68. The van der Waals surface area contributed by atoms with E-state index in [-0.39, 0.29) is 0 Å². The molecule has 27 heavy (non-hydrogen) atoms. The number of anilines is 1. The van der Waals surface area contributed by atoms with Gasteiger partial charge in [-0.3, -0.25) is 4.99 Å². The predicted molar refractivity (Wildman–Crippen MR) is 114 cm³/mol. The smallest absolute Gasteiger partial charge is 0.191 e. The van der Waals surface area contributed by atoms with Crippen LogP contribution in [0.4, 0.5) is 5.82 Å². The molecule has 0 bridgehead atoms. The first-order valence-corrected chi connectivity index (χ1v) is 10.5. The molecule has 7 heteroatoms. The van der Waals surface area contributed by atoms with E-state index in [1.165, 1.54) is 4.88 Å². The lowest BCUT2D eigenvalue weighted by molar-refractivity contribution is 0.459. The molecule has 0 spiro atoms. The number of pyridine rings is 1. The van der Waals surface area contributed by atoms with Crippen LogP contribution in [-0.4, -0.2) is 48.7 Å². The number of thiazole rings is 1. The minimum Gasteiger partial charge on any atom is -0.356 e. The highest BCUT2D eigenvalue weighted by Crippen LogP contribution is 2.19. The van der Waals surface area contributed by atoms with Crippen LogP contribution in [0.3, 0.4) is 0 Å². The summed E-state index contributed by atoms with van der Waals surface area (Å²) < 4.78 is 0. The summed E-state index contributed by atoms with van der Waals surface area (Å²) in [5, 5.41) is 8.16. The number of rotatable bonds is 5. The highest BCUT2D eigenvalue weighted by molar-refractivity contribution is 7.11. The van der Waals surface area contributed by atoms with Crippen LogP contribution < -0.4 is 15.5 Å². The van der Waals surface area contributed by atoms with E-state index in [0.717, 1.165) is 67.1 Å². The fourth-order valence-corrected chi connectivity index (χ4v) is 4.38. The normalized spacial score (nSPS) is 15.9. The molecule has 0 amide bonds. The van der Waals surface area contributed by atoms with Gasteiger partial charge >= 0.3 is 0 Å². The van der Waals surface area contributed by atoms with Crippen molar-refractivity contribution in [2.24, 2.45) is 4.99 Å². The van der Waals surface area contributed by atoms with Gasteiger partial charge in [0.1, 0.15) is 5.82 Å². The van der Waals surface area contributed by atoms with E-state index in [1.807, 2.05) is 20.0 Å². The van der Waals surface area contributed by atoms with Gasteiger partial charge in [-0.05, 0) is 45.7 Å². The lowest BCUT2D eigenvalue weighted by Gasteiger charge is -2.34. The number of hydrogen-bond acceptors (Lipinski definition) is 5. The molecule has 1 saturated heterocycles. The average molecular weight is 387 g/mol. The molecule has 2 aromatic heterocycles. The number of nitrogens with zero attached hydrogens (tertiary/aromatic N) is 4. The van der Waals surface area contributed by atoms with E-state index >= 15 is 0 Å². The summed E-state index contributed by atoms with van der Waals surface area (Å²) in [6.45, 7) is 9.10. The molecule has 2 aromatic rings. The largest absolute Gasteiger partial charge is 0.356 e. The summed E-state index contributed by atoms with van der Waals surface area (Å²) in [4.78, 5) is 17.3. The van der Waals surface area contributed by atoms with Crippen molar-refractivity contribution in [3.05, 3.63) is 39.5 Å². The van der Waals surface area contributed by atoms with E-state index in [2.05, 4.69) is 56.5 Å². The molecule has 0 radical (unpaired) electrons. The first kappa shape index (κ1) is 19.6. The van der Waals surface area contributed by atoms with Crippen molar-refractivity contribution < 1.29 is 0 Å². The fourth-order valence-electron chi connectivity index (χ4n) is 3.45. The van der Waals surface area contributed by atoms with Gasteiger partial charge < -0.3 is 15.5 Å². The van der Waals surface area contributed by atoms with Crippen molar-refractivity contribution in [1.29, 1.82) is 0 Å². The molecular weight excluding hydrogens is 356 g/mol. The second-order valence-corrected chi connectivity index (χ2v) is 8.32. The predicted octanol–water partition coefficient (Wildman–Crippen LogP) is 2.84. The number of guanidine groups is 1. The maximum Gasteiger partial charge on any atom is 0.191 e. The molecule has 0 aliphatic carbocycles. The number of piperidine rings is 1. The van der Waals surface area contributed by atoms with Crippen LogP contribution in [0.2, 0.25) is 0 Å². The second-order valence-electron chi connectivity index (χ2n) is 7.03. The molecule has 0 aromatic carbocycles. The lowest BCUT2D eigenvalue weighted by Crippen LogP contribution is -2.49. The zero-order valence-electron chi connectivity index (χ0n) is 16.7. The van der Waals surface area contributed by atoms with Gasteiger partial charge in [-0.1, -0.05) is 6.07 Å². The Labute approximate surface area is 166 Å². The zero-order valence-corrected chi connectivity index (χ0v) is 17.6. The Bertz CT molecular complexity index is 777. The molecule has 1 aliphatic rings. The Morgan fingerprint density at radius 3 is 2.63 bits per heavy atom. The van der Waals surface area contributed by atoms with E-state index in [0.29, 0.717) is 6.04 Å². The van der Waals surface area contributed by atoms with Crippen LogP contribution in [0, 0.1) is 20.8 Å². The van der Waals surface area contributed by atoms with Crippen LogP contribution in [0.1, 0.15) is 34.1 Å². The molecule has 0 saturated carbocycles. The molecule has 6 nitrogen and oxygen atoms in total. The van der Waals surface area contributed by atoms with Crippen LogP contribution in [0.15, 0.2) is 23.2 Å². The first-order valence-electron chi connectivity index (χ1n) is 9.64. The summed E-state index contributed by atoms with van der Waals surface area (Å²) in [7, 11) is 1.84. The third-order valence-electron chi connectivity index (χ3n) is 4.90. The third-order valence-corrected chi connectivity index (χ3v) is 6.03. The van der Waals surface area contributed by atoms with Crippen LogP contribution in [-0.2, 0) is 6.42 Å². The number of nitrogens with one attached hydrogen (secondary N) is 2. The molecule has 3 rings (SSSR count). The van der Waals surface area contributed by atoms with Crippen molar-refractivity contribution in [2.75, 3.05) is 31.6 Å². The van der Waals surface area contributed by atoms with Crippen molar-refractivity contribution >= 4 is 23.1 Å². The Kier molecular flexibility index (Phi) is 6.66. The monoisotopic (exact) mass is 386 g/mol. The number of hydrogen-bond donors (Lipinski definition) is 2. The quantitative estimate of drug-likeness (QED) is 0.611. The molecule has 0 unspecified atom stereocenters. The van der Waals surface area contributed by atoms with Crippen LogP contribution >= 0.6 is 11.3 Å². The van der Waals surface area contributed by atoms with E-state index in [9.17, 15) is 0 Å². The number of aryl methyl sites for hydroxylation is 3. The van der Waals surface area contributed by atoms with Gasteiger partial charge in [-0.2, -0.15) is 0 Å². The van der Waals surface area contributed by atoms with Gasteiger partial charge in [0.25, 0.3) is 0 Å². The van der Waals surface area contributed by atoms with Gasteiger partial charge in [-0.15, -0.1) is 11.3 Å². The summed E-state index contributed by atoms with van der Waals surface area (Å²) >= 11 is 1.79. The SMILES string of the molecule is CN=C(NCCc1sc(C)nc1C)NC1CCN(c2cccc(C)n2)CC1. The number of aliphatic imine (C=N–C) groups is 1. The van der Waals surface area contributed by atoms with E-state index in [1.54, 1.807) is 11.3 Å². The topological polar surface area (TPSA) is 65.4 Å². The molecule has 1 fully saturated rings. The first-order chi connectivity index (χ1) is 13.0. The Balaban J connectivity index is 1.43. The van der Waals surface area contributed by atoms with Gasteiger partial charge in [0.15, 0.2) is 5.96 Å². The Morgan fingerprint density at radius 1 is 1.22 bits per heavy atom. The molecule has 0 atom stereocenters. The maximum atomic E-state index is 4.64. The van der Waals surface area contributed by atoms with E-state index < -0.39 is 0 Å². The van der Waals surface area contributed by atoms with Crippen molar-refractivity contribution in [2.45, 2.75) is 46.1 Å². The fraction of sp³-hybridized carbons (Fsp3) is 0.550. The van der Waals surface area contributed by atoms with Gasteiger partial charge in [0.05, 0.1) is 10.7 Å². The zero-order chi connectivity index (χ0) is 19.2. The van der Waals surface area contributed by atoms with Gasteiger partial charge in [-0.25, -0.2) is 9.97 Å². The third kappa shape index (κ3) is 5.42. The second kappa shape index (κ2) is 9.17. The molecule has 146 valence electrons. The molecular formula is C20H30N6S. The Morgan fingerprint density at radius 2 is 2.00 bits per heavy atom. The van der Waals surface area contributed by atoms with Crippen molar-refractivity contribution in [3.63, 3.8) is 0 Å². The summed E-state index contributed by atoms with van der Waals surface area (Å²) in [5.41, 5.74) is 2.23. The molecule has 1 aliphatic heterocycles. The van der Waals surface area contributed by atoms with E-state index in [4.69, 9.17) is 0 Å². The van der Waals surface area contributed by atoms with Gasteiger partial charge in [0, 0.05) is 49.7 Å². The minimum atomic E-state index is 0.449. The maximum absolute atomic E-state index is 4.64. The lowest BCUT2D eigenvalue weighted by atomic mass is 10.1. The van der Waals surface area contributed by atoms with Crippen molar-refractivity contribution in [3.8, 4) is 0 Å². The van der Waals surface area contributed by atoms with Crippen LogP contribution in [0.25, 0.3) is 0 Å². The minimum absolute atomic E-state index is 0.449. The highest BCUT2D eigenvalue weighted by Gasteiger charge is 2.21. The highest BCUT2D eigenvalue weighted by atomic mass is 32.1. The average Bonchev–Trinajstić information content (AvgIpc) is 2.98. The molecule has 2 N–H and O–H groups in total.